The number of nitrogens with one attached hydrogen (secondary N) is 1. The molecule has 2 amide bonds. The Bertz CT molecular complexity index is 1250. The highest BCUT2D eigenvalue weighted by Crippen LogP contribution is 2.35. The molecule has 1 atom stereocenters. The Kier molecular flexibility index (Phi) is 8.44. The molecule has 0 aromatic carbocycles. The van der Waals surface area contributed by atoms with E-state index in [-0.39, 0.29) is 34.2 Å². The molecule has 1 unspecified atom stereocenters. The molecule has 0 spiro atoms. The minimum Gasteiger partial charge on any atom is -0.465 e. The van der Waals surface area contributed by atoms with Gasteiger partial charge in [0.2, 0.25) is 5.91 Å². The summed E-state index contributed by atoms with van der Waals surface area (Å²) >= 11 is 3.90. The van der Waals surface area contributed by atoms with Crippen LogP contribution in [0.25, 0.3) is 10.7 Å². The predicted octanol–water partition coefficient (Wildman–Crippen LogP) is 3.77. The van der Waals surface area contributed by atoms with E-state index in [0.29, 0.717) is 22.1 Å². The van der Waals surface area contributed by atoms with Crippen LogP contribution in [0.3, 0.4) is 0 Å². The number of anilines is 1. The summed E-state index contributed by atoms with van der Waals surface area (Å²) in [6.45, 7) is 3.02. The van der Waals surface area contributed by atoms with Gasteiger partial charge in [0, 0.05) is 20.7 Å². The number of esters is 1. The van der Waals surface area contributed by atoms with Crippen molar-refractivity contribution >= 4 is 57.2 Å². The number of hydrogen-bond acceptors (Lipinski definition) is 10. The fourth-order valence-corrected chi connectivity index (χ4v) is 6.49. The van der Waals surface area contributed by atoms with Crippen LogP contribution in [0.1, 0.15) is 38.4 Å². The average molecular weight is 550 g/mol. The van der Waals surface area contributed by atoms with Gasteiger partial charge in [-0.1, -0.05) is 17.8 Å². The number of thiophene rings is 2. The molecule has 1 fully saturated rings. The van der Waals surface area contributed by atoms with Crippen LogP contribution in [0.2, 0.25) is 0 Å². The number of carbonyl (C=O) groups is 3. The molecule has 1 saturated heterocycles. The Labute approximate surface area is 221 Å². The Morgan fingerprint density at radius 2 is 2.14 bits per heavy atom. The van der Waals surface area contributed by atoms with E-state index < -0.39 is 5.97 Å². The zero-order chi connectivity index (χ0) is 25.8. The third-order valence-corrected chi connectivity index (χ3v) is 8.62. The topological polar surface area (TPSA) is 116 Å². The molecule has 4 rings (SSSR count). The molecule has 0 bridgehead atoms. The van der Waals surface area contributed by atoms with Crippen molar-refractivity contribution in [3.05, 3.63) is 33.5 Å². The minimum absolute atomic E-state index is 0.0443. The number of aromatic nitrogens is 3. The maximum atomic E-state index is 12.9. The van der Waals surface area contributed by atoms with Gasteiger partial charge >= 0.3 is 5.97 Å². The van der Waals surface area contributed by atoms with E-state index in [4.69, 9.17) is 9.47 Å². The number of rotatable bonds is 9. The van der Waals surface area contributed by atoms with Crippen molar-refractivity contribution in [1.29, 1.82) is 0 Å². The van der Waals surface area contributed by atoms with Gasteiger partial charge in [0.1, 0.15) is 5.00 Å². The third-order valence-electron chi connectivity index (χ3n) is 5.59. The molecule has 3 aromatic heterocycles. The molecule has 192 valence electrons. The number of amides is 2. The number of methoxy groups -OCH3 is 1. The zero-order valence-corrected chi connectivity index (χ0v) is 22.8. The summed E-state index contributed by atoms with van der Waals surface area (Å²) in [5.74, 6) is -0.401. The van der Waals surface area contributed by atoms with Gasteiger partial charge in [0.25, 0.3) is 5.91 Å². The van der Waals surface area contributed by atoms with Crippen LogP contribution < -0.4 is 5.32 Å². The van der Waals surface area contributed by atoms with Gasteiger partial charge in [-0.15, -0.1) is 32.9 Å². The fourth-order valence-electron chi connectivity index (χ4n) is 3.79. The molecular weight excluding hydrogens is 522 g/mol. The second kappa shape index (κ2) is 11.5. The van der Waals surface area contributed by atoms with Gasteiger partial charge in [0.05, 0.1) is 40.8 Å². The van der Waals surface area contributed by atoms with E-state index in [1.807, 2.05) is 22.1 Å². The van der Waals surface area contributed by atoms with Gasteiger partial charge in [-0.2, -0.15) is 0 Å². The van der Waals surface area contributed by atoms with Crippen molar-refractivity contribution in [2.45, 2.75) is 37.6 Å². The molecule has 0 radical (unpaired) electrons. The molecule has 10 nitrogen and oxygen atoms in total. The van der Waals surface area contributed by atoms with Crippen molar-refractivity contribution in [2.75, 3.05) is 38.9 Å². The monoisotopic (exact) mass is 549 g/mol. The molecule has 1 aliphatic rings. The largest absolute Gasteiger partial charge is 0.465 e. The van der Waals surface area contributed by atoms with Crippen LogP contribution in [0.5, 0.6) is 0 Å². The molecule has 1 N–H and O–H groups in total. The lowest BCUT2D eigenvalue weighted by Gasteiger charge is -2.14. The van der Waals surface area contributed by atoms with Crippen LogP contribution in [0.4, 0.5) is 5.00 Å². The smallest absolute Gasteiger partial charge is 0.341 e. The number of thioether (sulfide) groups is 1. The van der Waals surface area contributed by atoms with Gasteiger partial charge < -0.3 is 19.7 Å². The zero-order valence-electron chi connectivity index (χ0n) is 20.4. The lowest BCUT2D eigenvalue weighted by Crippen LogP contribution is -2.21. The predicted molar refractivity (Wildman–Crippen MR) is 140 cm³/mol. The van der Waals surface area contributed by atoms with Gasteiger partial charge in [-0.25, -0.2) is 4.79 Å². The summed E-state index contributed by atoms with van der Waals surface area (Å²) in [4.78, 5) is 40.7. The van der Waals surface area contributed by atoms with Crippen molar-refractivity contribution in [1.82, 2.24) is 19.7 Å². The van der Waals surface area contributed by atoms with E-state index >= 15 is 0 Å². The summed E-state index contributed by atoms with van der Waals surface area (Å²) in [7, 11) is 4.53. The van der Waals surface area contributed by atoms with Crippen molar-refractivity contribution < 1.29 is 23.9 Å². The van der Waals surface area contributed by atoms with Gasteiger partial charge in [-0.05, 0) is 36.8 Å². The van der Waals surface area contributed by atoms with Gasteiger partial charge in [0.15, 0.2) is 11.0 Å². The van der Waals surface area contributed by atoms with Crippen LogP contribution in [0, 0.1) is 6.92 Å². The minimum atomic E-state index is -0.610. The summed E-state index contributed by atoms with van der Waals surface area (Å²) in [5, 5.41) is 14.4. The van der Waals surface area contributed by atoms with E-state index in [0.717, 1.165) is 41.5 Å². The molecule has 1 aliphatic heterocycles. The van der Waals surface area contributed by atoms with Crippen molar-refractivity contribution in [2.24, 2.45) is 0 Å². The third kappa shape index (κ3) is 5.64. The maximum absolute atomic E-state index is 12.9. The number of hydrogen-bond donors (Lipinski definition) is 1. The molecular formula is C23H27N5O5S3. The van der Waals surface area contributed by atoms with Crippen molar-refractivity contribution in [3.8, 4) is 10.7 Å². The molecule has 4 heterocycles. The van der Waals surface area contributed by atoms with Crippen LogP contribution in [-0.2, 0) is 20.8 Å². The molecule has 3 aromatic rings. The second-order valence-electron chi connectivity index (χ2n) is 8.32. The Hall–Kier alpha value is -2.74. The average Bonchev–Trinajstić information content (AvgIpc) is 3.65. The molecule has 0 aliphatic carbocycles. The van der Waals surface area contributed by atoms with Crippen molar-refractivity contribution in [3.63, 3.8) is 0 Å². The van der Waals surface area contributed by atoms with E-state index in [1.54, 1.807) is 32.4 Å². The lowest BCUT2D eigenvalue weighted by molar-refractivity contribution is -0.113. The van der Waals surface area contributed by atoms with E-state index in [1.165, 1.54) is 23.8 Å². The highest BCUT2D eigenvalue weighted by atomic mass is 32.2. The standard InChI is InChI=1S/C23H27N5O5S3/c1-13-17(22(31)32-4)20(36-18(13)21(30)27(2)3)24-16(29)12-35-23-26-25-19(15-8-6-10-34-15)28(23)11-14-7-5-9-33-14/h6,8,10,14H,5,7,9,11-12H2,1-4H3,(H,24,29). The molecule has 0 saturated carbocycles. The second-order valence-corrected chi connectivity index (χ2v) is 11.2. The number of ether oxygens (including phenoxy) is 2. The highest BCUT2D eigenvalue weighted by Gasteiger charge is 2.27. The first kappa shape index (κ1) is 26.3. The first-order valence-electron chi connectivity index (χ1n) is 11.2. The fraction of sp³-hybridized carbons (Fsp3) is 0.435. The molecule has 13 heteroatoms. The quantitative estimate of drug-likeness (QED) is 0.317. The highest BCUT2D eigenvalue weighted by molar-refractivity contribution is 7.99. The maximum Gasteiger partial charge on any atom is 0.341 e. The van der Waals surface area contributed by atoms with Crippen LogP contribution >= 0.6 is 34.4 Å². The van der Waals surface area contributed by atoms with Gasteiger partial charge in [-0.3, -0.25) is 14.2 Å². The Balaban J connectivity index is 1.52. The normalized spacial score (nSPS) is 15.2. The summed E-state index contributed by atoms with van der Waals surface area (Å²) < 4.78 is 12.7. The summed E-state index contributed by atoms with van der Waals surface area (Å²) in [6, 6.07) is 3.95. The number of nitrogens with zero attached hydrogens (tertiary/aromatic N) is 4. The molecule has 36 heavy (non-hydrogen) atoms. The summed E-state index contributed by atoms with van der Waals surface area (Å²) in [5.41, 5.74) is 0.665. The SMILES string of the molecule is COC(=O)c1c(NC(=O)CSc2nnc(-c3cccs3)n2CC2CCCO2)sc(C(=O)N(C)C)c1C. The lowest BCUT2D eigenvalue weighted by atomic mass is 10.1. The Morgan fingerprint density at radius 1 is 1.33 bits per heavy atom. The summed E-state index contributed by atoms with van der Waals surface area (Å²) in [6.07, 6.45) is 2.07. The van der Waals surface area contributed by atoms with E-state index in [2.05, 4.69) is 15.5 Å². The number of carbonyl (C=O) groups excluding carboxylic acids is 3. The first-order chi connectivity index (χ1) is 17.3. The van der Waals surface area contributed by atoms with E-state index in [9.17, 15) is 14.4 Å². The Morgan fingerprint density at radius 3 is 2.78 bits per heavy atom. The first-order valence-corrected chi connectivity index (χ1v) is 13.9. The van der Waals surface area contributed by atoms with Crippen LogP contribution in [-0.4, -0.2) is 77.1 Å². The van der Waals surface area contributed by atoms with Crippen LogP contribution in [0.15, 0.2) is 22.7 Å².